The van der Waals surface area contributed by atoms with Crippen LogP contribution in [0.2, 0.25) is 0 Å². The van der Waals surface area contributed by atoms with Gasteiger partial charge < -0.3 is 9.84 Å². The second-order valence-corrected chi connectivity index (χ2v) is 2.70. The van der Waals surface area contributed by atoms with Crippen LogP contribution in [-0.4, -0.2) is 23.8 Å². The Morgan fingerprint density at radius 3 is 2.85 bits per heavy atom. The van der Waals surface area contributed by atoms with E-state index >= 15 is 0 Å². The molecule has 1 N–H and O–H groups in total. The number of hydrogen-bond acceptors (Lipinski definition) is 4. The number of esters is 1. The van der Waals surface area contributed by atoms with Crippen LogP contribution in [0.3, 0.4) is 0 Å². The number of nitrogens with zero attached hydrogens (tertiary/aromatic N) is 1. The fourth-order valence-corrected chi connectivity index (χ4v) is 0.905. The summed E-state index contributed by atoms with van der Waals surface area (Å²) in [7, 11) is 0. The highest BCUT2D eigenvalue weighted by Gasteiger charge is 2.03. The summed E-state index contributed by atoms with van der Waals surface area (Å²) in [6.45, 7) is 2.16. The molecule has 4 heteroatoms. The molecule has 1 unspecified atom stereocenters. The van der Waals surface area contributed by atoms with Crippen LogP contribution in [-0.2, 0) is 9.53 Å². The summed E-state index contributed by atoms with van der Waals surface area (Å²) >= 11 is 0. The van der Waals surface area contributed by atoms with Crippen LogP contribution < -0.4 is 0 Å². The van der Waals surface area contributed by atoms with Gasteiger partial charge in [0.25, 0.3) is 0 Å². The third-order valence-electron chi connectivity index (χ3n) is 1.56. The van der Waals surface area contributed by atoms with Crippen molar-refractivity contribution in [2.45, 2.75) is 38.7 Å². The van der Waals surface area contributed by atoms with E-state index in [4.69, 9.17) is 15.1 Å². The molecule has 0 heterocycles. The van der Waals surface area contributed by atoms with Gasteiger partial charge in [-0.25, -0.2) is 0 Å². The SMILES string of the molecule is CCOC(=O)CCCCC(O)C#N. The Morgan fingerprint density at radius 1 is 1.62 bits per heavy atom. The van der Waals surface area contributed by atoms with E-state index in [9.17, 15) is 4.79 Å². The topological polar surface area (TPSA) is 70.3 Å². The van der Waals surface area contributed by atoms with Gasteiger partial charge in [-0.3, -0.25) is 4.79 Å². The van der Waals surface area contributed by atoms with Gasteiger partial charge in [0.1, 0.15) is 6.10 Å². The maximum Gasteiger partial charge on any atom is 0.305 e. The minimum Gasteiger partial charge on any atom is -0.466 e. The molecule has 0 bridgehead atoms. The number of aliphatic hydroxyl groups excluding tert-OH is 1. The number of unbranched alkanes of at least 4 members (excludes halogenated alkanes) is 1. The first-order chi connectivity index (χ1) is 6.20. The van der Waals surface area contributed by atoms with Gasteiger partial charge in [-0.15, -0.1) is 0 Å². The molecule has 0 saturated heterocycles. The molecule has 0 amide bonds. The van der Waals surface area contributed by atoms with Crippen molar-refractivity contribution in [2.75, 3.05) is 6.61 Å². The number of ether oxygens (including phenoxy) is 1. The van der Waals surface area contributed by atoms with Crippen molar-refractivity contribution in [3.8, 4) is 6.07 Å². The van der Waals surface area contributed by atoms with Crippen molar-refractivity contribution in [3.05, 3.63) is 0 Å². The average Bonchev–Trinajstić information content (AvgIpc) is 2.12. The number of carbonyl (C=O) groups is 1. The van der Waals surface area contributed by atoms with Crippen LogP contribution in [0, 0.1) is 11.3 Å². The lowest BCUT2D eigenvalue weighted by molar-refractivity contribution is -0.143. The lowest BCUT2D eigenvalue weighted by Crippen LogP contribution is -2.05. The van der Waals surface area contributed by atoms with Crippen molar-refractivity contribution >= 4 is 5.97 Å². The smallest absolute Gasteiger partial charge is 0.305 e. The quantitative estimate of drug-likeness (QED) is 0.380. The van der Waals surface area contributed by atoms with Crippen molar-refractivity contribution in [2.24, 2.45) is 0 Å². The lowest BCUT2D eigenvalue weighted by atomic mass is 10.1. The standard InChI is InChI=1S/C9H15NO3/c1-2-13-9(12)6-4-3-5-8(11)7-10/h8,11H,2-6H2,1H3. The lowest BCUT2D eigenvalue weighted by Gasteiger charge is -2.02. The first-order valence-corrected chi connectivity index (χ1v) is 4.44. The van der Waals surface area contributed by atoms with Gasteiger partial charge in [0.05, 0.1) is 12.7 Å². The average molecular weight is 185 g/mol. The van der Waals surface area contributed by atoms with Crippen molar-refractivity contribution in [1.29, 1.82) is 5.26 Å². The molecule has 0 aliphatic carbocycles. The molecule has 0 aromatic carbocycles. The Morgan fingerprint density at radius 2 is 2.31 bits per heavy atom. The predicted molar refractivity (Wildman–Crippen MR) is 46.7 cm³/mol. The molecular formula is C9H15NO3. The molecule has 13 heavy (non-hydrogen) atoms. The summed E-state index contributed by atoms with van der Waals surface area (Å²) in [4.78, 5) is 10.8. The highest BCUT2D eigenvalue weighted by atomic mass is 16.5. The molecule has 4 nitrogen and oxygen atoms in total. The van der Waals surface area contributed by atoms with Crippen LogP contribution in [0.15, 0.2) is 0 Å². The fraction of sp³-hybridized carbons (Fsp3) is 0.778. The molecule has 0 aromatic heterocycles. The molecule has 0 aromatic rings. The van der Waals surface area contributed by atoms with Crippen LogP contribution >= 0.6 is 0 Å². The second kappa shape index (κ2) is 7.56. The molecule has 0 fully saturated rings. The molecular weight excluding hydrogens is 170 g/mol. The van der Waals surface area contributed by atoms with E-state index in [1.165, 1.54) is 0 Å². The van der Waals surface area contributed by atoms with E-state index in [0.29, 0.717) is 32.3 Å². The van der Waals surface area contributed by atoms with E-state index in [0.717, 1.165) is 0 Å². The van der Waals surface area contributed by atoms with Gasteiger partial charge in [0.15, 0.2) is 0 Å². The number of nitriles is 1. The van der Waals surface area contributed by atoms with Crippen LogP contribution in [0.4, 0.5) is 0 Å². The maximum absolute atomic E-state index is 10.8. The van der Waals surface area contributed by atoms with Crippen molar-refractivity contribution in [3.63, 3.8) is 0 Å². The number of hydrogen-bond donors (Lipinski definition) is 1. The van der Waals surface area contributed by atoms with E-state index in [-0.39, 0.29) is 5.97 Å². The molecule has 0 rings (SSSR count). The first kappa shape index (κ1) is 11.9. The predicted octanol–water partition coefficient (Wildman–Crippen LogP) is 0.994. The summed E-state index contributed by atoms with van der Waals surface area (Å²) in [5.41, 5.74) is 0. The van der Waals surface area contributed by atoms with Crippen molar-refractivity contribution in [1.82, 2.24) is 0 Å². The Bertz CT molecular complexity index is 186. The van der Waals surface area contributed by atoms with E-state index < -0.39 is 6.10 Å². The Kier molecular flexibility index (Phi) is 6.93. The van der Waals surface area contributed by atoms with Gasteiger partial charge in [-0.1, -0.05) is 0 Å². The molecule has 0 radical (unpaired) electrons. The van der Waals surface area contributed by atoms with E-state index in [1.807, 2.05) is 0 Å². The summed E-state index contributed by atoms with van der Waals surface area (Å²) in [6.07, 6.45) is 1.23. The van der Waals surface area contributed by atoms with Gasteiger partial charge in [-0.05, 0) is 26.2 Å². The van der Waals surface area contributed by atoms with Crippen LogP contribution in [0.5, 0.6) is 0 Å². The zero-order valence-electron chi connectivity index (χ0n) is 7.82. The highest BCUT2D eigenvalue weighted by Crippen LogP contribution is 2.03. The Labute approximate surface area is 78.1 Å². The zero-order valence-corrected chi connectivity index (χ0v) is 7.82. The third-order valence-corrected chi connectivity index (χ3v) is 1.56. The van der Waals surface area contributed by atoms with Crippen LogP contribution in [0.1, 0.15) is 32.6 Å². The number of carbonyl (C=O) groups excluding carboxylic acids is 1. The molecule has 74 valence electrons. The minimum atomic E-state index is -0.901. The van der Waals surface area contributed by atoms with Crippen LogP contribution in [0.25, 0.3) is 0 Å². The summed E-state index contributed by atoms with van der Waals surface area (Å²) in [5, 5.41) is 17.1. The summed E-state index contributed by atoms with van der Waals surface area (Å²) in [6, 6.07) is 1.72. The van der Waals surface area contributed by atoms with Gasteiger partial charge >= 0.3 is 5.97 Å². The van der Waals surface area contributed by atoms with Gasteiger partial charge in [0.2, 0.25) is 0 Å². The molecule has 0 aliphatic rings. The zero-order chi connectivity index (χ0) is 10.1. The molecule has 0 aliphatic heterocycles. The number of aliphatic hydroxyl groups is 1. The third kappa shape index (κ3) is 7.29. The van der Waals surface area contributed by atoms with E-state index in [2.05, 4.69) is 0 Å². The first-order valence-electron chi connectivity index (χ1n) is 4.44. The van der Waals surface area contributed by atoms with E-state index in [1.54, 1.807) is 13.0 Å². The molecule has 0 saturated carbocycles. The fourth-order valence-electron chi connectivity index (χ4n) is 0.905. The summed E-state index contributed by atoms with van der Waals surface area (Å²) in [5.74, 6) is -0.214. The largest absolute Gasteiger partial charge is 0.466 e. The normalized spacial score (nSPS) is 11.8. The highest BCUT2D eigenvalue weighted by molar-refractivity contribution is 5.69. The molecule has 0 spiro atoms. The van der Waals surface area contributed by atoms with Gasteiger partial charge in [-0.2, -0.15) is 5.26 Å². The summed E-state index contributed by atoms with van der Waals surface area (Å²) < 4.78 is 4.71. The Balaban J connectivity index is 3.26. The number of rotatable bonds is 6. The monoisotopic (exact) mass is 185 g/mol. The maximum atomic E-state index is 10.8. The Hall–Kier alpha value is -1.08. The van der Waals surface area contributed by atoms with Gasteiger partial charge in [0, 0.05) is 6.42 Å². The minimum absolute atomic E-state index is 0.214. The van der Waals surface area contributed by atoms with Crippen molar-refractivity contribution < 1.29 is 14.6 Å². The molecule has 1 atom stereocenters. The second-order valence-electron chi connectivity index (χ2n) is 2.70.